The number of hydrogen-bond acceptors (Lipinski definition) is 4. The van der Waals surface area contributed by atoms with Gasteiger partial charge in [-0.15, -0.1) is 11.3 Å². The lowest BCUT2D eigenvalue weighted by Crippen LogP contribution is -2.32. The van der Waals surface area contributed by atoms with E-state index >= 15 is 0 Å². The summed E-state index contributed by atoms with van der Waals surface area (Å²) < 4.78 is 28.6. The van der Waals surface area contributed by atoms with E-state index in [1.165, 1.54) is 11.3 Å². The average Bonchev–Trinajstić information content (AvgIpc) is 2.68. The van der Waals surface area contributed by atoms with Crippen LogP contribution >= 0.6 is 43.2 Å². The quantitative estimate of drug-likeness (QED) is 0.811. The van der Waals surface area contributed by atoms with E-state index in [0.29, 0.717) is 20.5 Å². The van der Waals surface area contributed by atoms with E-state index in [2.05, 4.69) is 41.9 Å². The fourth-order valence-electron chi connectivity index (χ4n) is 2.34. The summed E-state index contributed by atoms with van der Waals surface area (Å²) in [6.07, 6.45) is 0. The second-order valence-electron chi connectivity index (χ2n) is 4.32. The van der Waals surface area contributed by atoms with Crippen LogP contribution in [0.4, 0.5) is 0 Å². The maximum Gasteiger partial charge on any atom is 0.242 e. The van der Waals surface area contributed by atoms with E-state index in [0.717, 1.165) is 16.9 Å². The van der Waals surface area contributed by atoms with Gasteiger partial charge in [0.25, 0.3) is 0 Å². The maximum atomic E-state index is 12.2. The van der Waals surface area contributed by atoms with E-state index in [4.69, 9.17) is 0 Å². The van der Waals surface area contributed by atoms with Crippen molar-refractivity contribution in [2.75, 3.05) is 13.1 Å². The van der Waals surface area contributed by atoms with Crippen molar-refractivity contribution in [3.8, 4) is 0 Å². The average molecular weight is 402 g/mol. The Kier molecular flexibility index (Phi) is 3.16. The summed E-state index contributed by atoms with van der Waals surface area (Å²) in [5, 5.41) is 3.24. The number of rotatable bonds is 3. The molecule has 3 rings (SSSR count). The van der Waals surface area contributed by atoms with Crippen LogP contribution in [-0.2, 0) is 10.0 Å². The highest BCUT2D eigenvalue weighted by Gasteiger charge is 2.54. The molecule has 1 saturated heterocycles. The molecule has 1 aromatic heterocycles. The van der Waals surface area contributed by atoms with Crippen LogP contribution in [0, 0.1) is 11.8 Å². The molecule has 2 atom stereocenters. The van der Waals surface area contributed by atoms with Gasteiger partial charge in [0.1, 0.15) is 4.90 Å². The maximum absolute atomic E-state index is 12.2. The molecule has 2 unspecified atom stereocenters. The molecular formula is C9H10Br2N2O2S2. The minimum Gasteiger partial charge on any atom is -0.316 e. The summed E-state index contributed by atoms with van der Waals surface area (Å²) in [7, 11) is -3.39. The monoisotopic (exact) mass is 400 g/mol. The molecule has 8 heteroatoms. The van der Waals surface area contributed by atoms with Crippen molar-refractivity contribution in [1.29, 1.82) is 0 Å². The molecule has 17 heavy (non-hydrogen) atoms. The van der Waals surface area contributed by atoms with Gasteiger partial charge in [0.15, 0.2) is 0 Å². The van der Waals surface area contributed by atoms with Crippen molar-refractivity contribution in [3.05, 3.63) is 13.6 Å². The molecule has 0 spiro atoms. The molecule has 2 N–H and O–H groups in total. The number of thiophene rings is 1. The fraction of sp³-hybridized carbons (Fsp3) is 0.556. The number of halogens is 2. The Morgan fingerprint density at radius 1 is 1.35 bits per heavy atom. The van der Waals surface area contributed by atoms with Crippen LogP contribution in [-0.4, -0.2) is 27.5 Å². The zero-order valence-electron chi connectivity index (χ0n) is 8.61. The minimum atomic E-state index is -3.39. The third-order valence-corrected chi connectivity index (χ3v) is 7.51. The van der Waals surface area contributed by atoms with Crippen LogP contribution in [0.1, 0.15) is 0 Å². The van der Waals surface area contributed by atoms with Crippen LogP contribution in [0.2, 0.25) is 0 Å². The molecule has 1 aliphatic carbocycles. The molecule has 2 heterocycles. The third-order valence-electron chi connectivity index (χ3n) is 3.30. The molecule has 0 amide bonds. The fourth-order valence-corrected chi connectivity index (χ4v) is 7.49. The first-order valence-electron chi connectivity index (χ1n) is 5.17. The SMILES string of the molecule is O=S(=O)(NC1C2CNCC21)c1cc(Br)sc1Br. The van der Waals surface area contributed by atoms with Crippen molar-refractivity contribution in [2.45, 2.75) is 10.9 Å². The zero-order valence-corrected chi connectivity index (χ0v) is 13.4. The van der Waals surface area contributed by atoms with Crippen molar-refractivity contribution in [3.63, 3.8) is 0 Å². The summed E-state index contributed by atoms with van der Waals surface area (Å²) in [5.74, 6) is 0.955. The second-order valence-corrected chi connectivity index (χ2v) is 9.75. The molecule has 4 nitrogen and oxygen atoms in total. The third kappa shape index (κ3) is 2.23. The lowest BCUT2D eigenvalue weighted by molar-refractivity contribution is 0.565. The highest BCUT2D eigenvalue weighted by Crippen LogP contribution is 2.43. The molecule has 0 radical (unpaired) electrons. The molecule has 0 bridgehead atoms. The standard InChI is InChI=1S/C9H10Br2N2O2S2/c10-7-1-6(9(11)16-7)17(14,15)13-8-4-2-12-3-5(4)8/h1,4-5,8,12-13H,2-3H2. The lowest BCUT2D eigenvalue weighted by Gasteiger charge is -2.07. The number of nitrogens with one attached hydrogen (secondary N) is 2. The molecule has 1 saturated carbocycles. The van der Waals surface area contributed by atoms with Crippen molar-refractivity contribution < 1.29 is 8.42 Å². The highest BCUT2D eigenvalue weighted by atomic mass is 79.9. The van der Waals surface area contributed by atoms with Gasteiger partial charge in [0, 0.05) is 6.04 Å². The van der Waals surface area contributed by atoms with Crippen molar-refractivity contribution in [2.24, 2.45) is 11.8 Å². The smallest absolute Gasteiger partial charge is 0.242 e. The summed E-state index contributed by atoms with van der Waals surface area (Å²) in [4.78, 5) is 0.326. The predicted octanol–water partition coefficient (Wildman–Crippen LogP) is 1.77. The van der Waals surface area contributed by atoms with Gasteiger partial charge in [-0.25, -0.2) is 13.1 Å². The van der Waals surface area contributed by atoms with Crippen LogP contribution in [0.5, 0.6) is 0 Å². The van der Waals surface area contributed by atoms with Crippen molar-refractivity contribution in [1.82, 2.24) is 10.0 Å². The van der Waals surface area contributed by atoms with Crippen LogP contribution < -0.4 is 10.0 Å². The van der Waals surface area contributed by atoms with Gasteiger partial charge in [0.2, 0.25) is 10.0 Å². The number of fused-ring (bicyclic) bond motifs is 1. The van der Waals surface area contributed by atoms with E-state index in [-0.39, 0.29) is 6.04 Å². The molecule has 1 aliphatic heterocycles. The molecule has 2 aliphatic rings. The normalized spacial score (nSPS) is 31.5. The van der Waals surface area contributed by atoms with Gasteiger partial charge >= 0.3 is 0 Å². The first-order chi connectivity index (χ1) is 7.99. The number of hydrogen-bond donors (Lipinski definition) is 2. The summed E-state index contributed by atoms with van der Waals surface area (Å²) in [5.41, 5.74) is 0. The molecule has 1 aromatic rings. The minimum absolute atomic E-state index is 0.117. The molecule has 94 valence electrons. The first-order valence-corrected chi connectivity index (χ1v) is 9.05. The van der Waals surface area contributed by atoms with Crippen LogP contribution in [0.25, 0.3) is 0 Å². The first kappa shape index (κ1) is 12.6. The largest absolute Gasteiger partial charge is 0.316 e. The van der Waals surface area contributed by atoms with Gasteiger partial charge in [-0.2, -0.15) is 0 Å². The van der Waals surface area contributed by atoms with E-state index < -0.39 is 10.0 Å². The second kappa shape index (κ2) is 4.28. The molecular weight excluding hydrogens is 392 g/mol. The number of sulfonamides is 1. The molecule has 2 fully saturated rings. The lowest BCUT2D eigenvalue weighted by atomic mass is 10.4. The predicted molar refractivity (Wildman–Crippen MR) is 73.7 cm³/mol. The Bertz CT molecular complexity index is 547. The molecule has 0 aromatic carbocycles. The van der Waals surface area contributed by atoms with E-state index in [1.54, 1.807) is 6.07 Å². The van der Waals surface area contributed by atoms with Gasteiger partial charge in [0.05, 0.1) is 7.57 Å². The van der Waals surface area contributed by atoms with Gasteiger partial charge in [-0.3, -0.25) is 0 Å². The zero-order chi connectivity index (χ0) is 12.2. The van der Waals surface area contributed by atoms with Crippen molar-refractivity contribution >= 4 is 53.2 Å². The van der Waals surface area contributed by atoms with Gasteiger partial charge < -0.3 is 5.32 Å². The van der Waals surface area contributed by atoms with E-state index in [9.17, 15) is 8.42 Å². The Labute approximate surface area is 120 Å². The summed E-state index contributed by atoms with van der Waals surface area (Å²) in [6.45, 7) is 1.85. The van der Waals surface area contributed by atoms with Gasteiger partial charge in [-0.05, 0) is 62.9 Å². The van der Waals surface area contributed by atoms with E-state index in [1.807, 2.05) is 0 Å². The highest BCUT2D eigenvalue weighted by molar-refractivity contribution is 9.12. The Morgan fingerprint density at radius 3 is 2.53 bits per heavy atom. The van der Waals surface area contributed by atoms with Gasteiger partial charge in [-0.1, -0.05) is 0 Å². The van der Waals surface area contributed by atoms with Crippen LogP contribution in [0.3, 0.4) is 0 Å². The summed E-state index contributed by atoms with van der Waals surface area (Å²) in [6, 6.07) is 1.75. The topological polar surface area (TPSA) is 58.2 Å². The van der Waals surface area contributed by atoms with Crippen LogP contribution in [0.15, 0.2) is 18.5 Å². The Balaban J connectivity index is 1.80. The number of piperidine rings is 1. The Morgan fingerprint density at radius 2 is 2.00 bits per heavy atom. The summed E-state index contributed by atoms with van der Waals surface area (Å²) >= 11 is 7.94. The Hall–Kier alpha value is 0.530.